The van der Waals surface area contributed by atoms with E-state index < -0.39 is 10.8 Å². The molecule has 13 aromatic rings. The van der Waals surface area contributed by atoms with E-state index in [0.717, 1.165) is 72.2 Å². The summed E-state index contributed by atoms with van der Waals surface area (Å²) in [5.41, 5.74) is 11.5. The third kappa shape index (κ3) is 5.90. The van der Waals surface area contributed by atoms with E-state index in [1.165, 1.54) is 56.5 Å². The van der Waals surface area contributed by atoms with E-state index in [1.54, 1.807) is 24.3 Å². The quantitative estimate of drug-likeness (QED) is 0.166. The lowest BCUT2D eigenvalue weighted by Gasteiger charge is -2.38. The van der Waals surface area contributed by atoms with Crippen LogP contribution in [-0.2, 0) is 10.8 Å². The Morgan fingerprint density at radius 1 is 0.338 bits per heavy atom. The average Bonchev–Trinajstić information content (AvgIpc) is 4.08. The highest BCUT2D eigenvalue weighted by Crippen LogP contribution is 2.56. The van der Waals surface area contributed by atoms with Gasteiger partial charge in [0.2, 0.25) is 0 Å². The van der Waals surface area contributed by atoms with E-state index in [9.17, 15) is 0 Å². The molecule has 0 radical (unpaired) electrons. The fourth-order valence-electron chi connectivity index (χ4n) is 11.5. The first kappa shape index (κ1) is 41.1. The summed E-state index contributed by atoms with van der Waals surface area (Å²) in [5, 5.41) is 9.74. The number of thiophene rings is 2. The molecule has 0 aliphatic heterocycles. The zero-order valence-corrected chi connectivity index (χ0v) is 40.3. The van der Waals surface area contributed by atoms with Crippen LogP contribution in [0.3, 0.4) is 0 Å². The maximum atomic E-state index is 15.4. The predicted octanol–water partition coefficient (Wildman–Crippen LogP) is 18.8. The molecule has 6 heteroatoms. The van der Waals surface area contributed by atoms with E-state index in [2.05, 4.69) is 172 Å². The molecular weight excluding hydrogens is 875 g/mol. The smallest absolute Gasteiger partial charge is 0.123 e. The largest absolute Gasteiger partial charge is 0.309 e. The molecule has 330 valence electrons. The van der Waals surface area contributed by atoms with Crippen molar-refractivity contribution in [1.82, 2.24) is 9.13 Å². The van der Waals surface area contributed by atoms with E-state index in [-0.39, 0.29) is 11.6 Å². The van der Waals surface area contributed by atoms with Crippen molar-refractivity contribution < 1.29 is 8.78 Å². The molecule has 13 rings (SSSR count). The monoisotopic (exact) mass is 920 g/mol. The van der Waals surface area contributed by atoms with Crippen molar-refractivity contribution in [3.8, 4) is 33.6 Å². The molecule has 2 nitrogen and oxygen atoms in total. The van der Waals surface area contributed by atoms with Gasteiger partial charge in [0, 0.05) is 73.0 Å². The van der Waals surface area contributed by atoms with Gasteiger partial charge in [-0.05, 0) is 106 Å². The summed E-state index contributed by atoms with van der Waals surface area (Å²) in [6, 6.07) is 58.4. The minimum atomic E-state index is -0.485. The second-order valence-electron chi connectivity index (χ2n) is 20.3. The summed E-state index contributed by atoms with van der Waals surface area (Å²) < 4.78 is 40.8. The fraction of sp³-hybridized carbons (Fsp3) is 0.129. The van der Waals surface area contributed by atoms with Crippen molar-refractivity contribution in [2.24, 2.45) is 0 Å². The topological polar surface area (TPSA) is 9.86 Å². The van der Waals surface area contributed by atoms with Crippen LogP contribution in [0.5, 0.6) is 0 Å². The van der Waals surface area contributed by atoms with Gasteiger partial charge in [-0.25, -0.2) is 8.78 Å². The lowest BCUT2D eigenvalue weighted by molar-refractivity contribution is 0.565. The van der Waals surface area contributed by atoms with Gasteiger partial charge in [-0.15, -0.1) is 22.7 Å². The zero-order valence-electron chi connectivity index (χ0n) is 38.6. The van der Waals surface area contributed by atoms with Gasteiger partial charge in [0.15, 0.2) is 0 Å². The minimum absolute atomic E-state index is 0.295. The van der Waals surface area contributed by atoms with Gasteiger partial charge in [0.1, 0.15) is 11.6 Å². The number of rotatable bonds is 4. The zero-order chi connectivity index (χ0) is 46.4. The van der Waals surface area contributed by atoms with Crippen LogP contribution < -0.4 is 0 Å². The highest BCUT2D eigenvalue weighted by Gasteiger charge is 2.38. The van der Waals surface area contributed by atoms with Crippen molar-refractivity contribution >= 4 is 107 Å². The first-order valence-electron chi connectivity index (χ1n) is 23.3. The highest BCUT2D eigenvalue weighted by molar-refractivity contribution is 7.26. The van der Waals surface area contributed by atoms with Crippen molar-refractivity contribution in [1.29, 1.82) is 0 Å². The molecule has 4 heterocycles. The van der Waals surface area contributed by atoms with Gasteiger partial charge in [-0.3, -0.25) is 0 Å². The SMILES string of the molecule is CC(C)(C)c1c(-c2ccc(F)cc2)c(-n2c3ccccc3c3c4c(ccc32)sc2ccccc24)c(-c2ccc(F)cc2)c(C(C)(C)C)c1-n1c2ccccc2c2c3c(ccc21)sc1ccccc13. The number of hydrogen-bond donors (Lipinski definition) is 0. The Bertz CT molecular complexity index is 4140. The van der Waals surface area contributed by atoms with Crippen molar-refractivity contribution in [3.63, 3.8) is 0 Å². The molecule has 0 N–H and O–H groups in total. The number of para-hydroxylation sites is 2. The normalized spacial score (nSPS) is 12.7. The number of halogens is 2. The molecule has 0 fully saturated rings. The van der Waals surface area contributed by atoms with Gasteiger partial charge in [-0.2, -0.15) is 0 Å². The predicted molar refractivity (Wildman–Crippen MR) is 289 cm³/mol. The Kier molecular flexibility index (Phi) is 8.88. The summed E-state index contributed by atoms with van der Waals surface area (Å²) in [5.74, 6) is -0.591. The molecule has 68 heavy (non-hydrogen) atoms. The summed E-state index contributed by atoms with van der Waals surface area (Å²) >= 11 is 3.66. The number of fused-ring (bicyclic) bond motifs is 14. The fourth-order valence-corrected chi connectivity index (χ4v) is 13.7. The van der Waals surface area contributed by atoms with Crippen LogP contribution in [0.25, 0.3) is 118 Å². The molecule has 0 unspecified atom stereocenters. The molecule has 0 amide bonds. The van der Waals surface area contributed by atoms with Crippen LogP contribution in [0.4, 0.5) is 8.78 Å². The molecule has 0 aliphatic carbocycles. The molecular formula is C62H46F2N2S2. The lowest BCUT2D eigenvalue weighted by Crippen LogP contribution is -2.26. The lowest BCUT2D eigenvalue weighted by atomic mass is 9.71. The standard InChI is InChI=1S/C62H46F2N2S2/c1-61(2,3)57-51(35-23-27-37(63)28-24-35)59(65-43-19-11-7-15-39(43)53-45(65)31-33-49-55(53)41-17-9-13-21-47(41)67-49)52(36-25-29-38(64)30-26-36)58(62(4,5)6)60(57)66-44-20-12-8-16-40(44)54-46(66)32-34-50-56(54)42-18-10-14-22-48(42)68-50/h7-34H,1-6H3. The first-order chi connectivity index (χ1) is 32.9. The van der Waals surface area contributed by atoms with Gasteiger partial charge in [-0.1, -0.05) is 139 Å². The van der Waals surface area contributed by atoms with Crippen molar-refractivity contribution in [2.75, 3.05) is 0 Å². The molecule has 0 aliphatic rings. The molecule has 4 aromatic heterocycles. The van der Waals surface area contributed by atoms with Crippen LogP contribution in [0.2, 0.25) is 0 Å². The Morgan fingerprint density at radius 3 is 1.12 bits per heavy atom. The van der Waals surface area contributed by atoms with E-state index in [1.807, 2.05) is 46.9 Å². The van der Waals surface area contributed by atoms with Gasteiger partial charge < -0.3 is 9.13 Å². The Labute approximate surface area is 400 Å². The third-order valence-electron chi connectivity index (χ3n) is 14.0. The van der Waals surface area contributed by atoms with Gasteiger partial charge >= 0.3 is 0 Å². The molecule has 0 saturated carbocycles. The maximum Gasteiger partial charge on any atom is 0.123 e. The first-order valence-corrected chi connectivity index (χ1v) is 24.9. The number of aromatic nitrogens is 2. The third-order valence-corrected chi connectivity index (χ3v) is 16.3. The van der Waals surface area contributed by atoms with Crippen molar-refractivity contribution in [2.45, 2.75) is 52.4 Å². The molecule has 0 atom stereocenters. The van der Waals surface area contributed by atoms with E-state index in [0.29, 0.717) is 0 Å². The Morgan fingerprint density at radius 2 is 0.706 bits per heavy atom. The highest BCUT2D eigenvalue weighted by atomic mass is 32.1. The second kappa shape index (κ2) is 14.7. The summed E-state index contributed by atoms with van der Waals surface area (Å²) in [7, 11) is 0. The Hall–Kier alpha value is -7.12. The average molecular weight is 921 g/mol. The summed E-state index contributed by atoms with van der Waals surface area (Å²) in [4.78, 5) is 0. The van der Waals surface area contributed by atoms with Crippen LogP contribution in [0.15, 0.2) is 170 Å². The van der Waals surface area contributed by atoms with Crippen LogP contribution in [0.1, 0.15) is 52.7 Å². The second-order valence-corrected chi connectivity index (χ2v) is 22.4. The molecule has 0 saturated heterocycles. The number of hydrogen-bond acceptors (Lipinski definition) is 2. The van der Waals surface area contributed by atoms with Crippen LogP contribution in [0, 0.1) is 11.6 Å². The van der Waals surface area contributed by atoms with Gasteiger partial charge in [0.05, 0.1) is 33.4 Å². The van der Waals surface area contributed by atoms with Crippen molar-refractivity contribution in [3.05, 3.63) is 193 Å². The van der Waals surface area contributed by atoms with E-state index in [4.69, 9.17) is 0 Å². The van der Waals surface area contributed by atoms with Gasteiger partial charge in [0.25, 0.3) is 0 Å². The number of benzene rings is 9. The molecule has 0 bridgehead atoms. The van der Waals surface area contributed by atoms with Crippen LogP contribution in [-0.4, -0.2) is 9.13 Å². The number of nitrogens with zero attached hydrogens (tertiary/aromatic N) is 2. The molecule has 9 aromatic carbocycles. The summed E-state index contributed by atoms with van der Waals surface area (Å²) in [6.45, 7) is 13.9. The van der Waals surface area contributed by atoms with E-state index >= 15 is 8.78 Å². The summed E-state index contributed by atoms with van der Waals surface area (Å²) in [6.07, 6.45) is 0. The molecule has 0 spiro atoms. The Balaban J connectivity index is 1.33. The maximum absolute atomic E-state index is 15.4. The minimum Gasteiger partial charge on any atom is -0.309 e. The van der Waals surface area contributed by atoms with Crippen LogP contribution >= 0.6 is 22.7 Å².